The van der Waals surface area contributed by atoms with Crippen LogP contribution in [-0.4, -0.2) is 22.0 Å². The highest BCUT2D eigenvalue weighted by atomic mass is 15.2. The normalized spacial score (nSPS) is 23.3. The Kier molecular flexibility index (Phi) is 3.69. The fraction of sp³-hybridized carbons (Fsp3) is 0.300. The highest BCUT2D eigenvalue weighted by Gasteiger charge is 2.36. The van der Waals surface area contributed by atoms with E-state index in [1.807, 2.05) is 18.3 Å². The van der Waals surface area contributed by atoms with Gasteiger partial charge >= 0.3 is 0 Å². The Morgan fingerprint density at radius 3 is 2.70 bits per heavy atom. The lowest BCUT2D eigenvalue weighted by atomic mass is 9.95. The number of aromatic nitrogens is 1. The molecule has 0 saturated carbocycles. The molecule has 1 saturated heterocycles. The van der Waals surface area contributed by atoms with Crippen LogP contribution in [0, 0.1) is 11.3 Å². The number of rotatable bonds is 3. The van der Waals surface area contributed by atoms with Crippen LogP contribution in [-0.2, 0) is 6.54 Å². The van der Waals surface area contributed by atoms with E-state index >= 15 is 0 Å². The molecule has 2 aliphatic heterocycles. The SMILES string of the molecule is N#Cc1ccc(C2=CC3CCC(C2)N3Cc2ccccc2)cn1. The van der Waals surface area contributed by atoms with Gasteiger partial charge in [-0.05, 0) is 42.0 Å². The molecule has 3 heterocycles. The summed E-state index contributed by atoms with van der Waals surface area (Å²) in [4.78, 5) is 6.85. The fourth-order valence-electron chi connectivity index (χ4n) is 3.82. The molecule has 2 aliphatic rings. The topological polar surface area (TPSA) is 39.9 Å². The Balaban J connectivity index is 1.55. The van der Waals surface area contributed by atoms with Crippen molar-refractivity contribution in [1.82, 2.24) is 9.88 Å². The minimum Gasteiger partial charge on any atom is -0.289 e. The van der Waals surface area contributed by atoms with E-state index < -0.39 is 0 Å². The zero-order valence-electron chi connectivity index (χ0n) is 13.0. The number of fused-ring (bicyclic) bond motifs is 2. The van der Waals surface area contributed by atoms with E-state index in [9.17, 15) is 0 Å². The molecular weight excluding hydrogens is 282 g/mol. The highest BCUT2D eigenvalue weighted by Crippen LogP contribution is 2.39. The summed E-state index contributed by atoms with van der Waals surface area (Å²) in [5.41, 5.74) is 4.43. The average molecular weight is 301 g/mol. The molecular formula is C20H19N3. The van der Waals surface area contributed by atoms with Gasteiger partial charge in [0, 0.05) is 24.8 Å². The van der Waals surface area contributed by atoms with E-state index in [4.69, 9.17) is 5.26 Å². The lowest BCUT2D eigenvalue weighted by molar-refractivity contribution is 0.203. The maximum atomic E-state index is 8.87. The molecule has 0 spiro atoms. The number of hydrogen-bond donors (Lipinski definition) is 0. The van der Waals surface area contributed by atoms with Gasteiger partial charge in [0.2, 0.25) is 0 Å². The van der Waals surface area contributed by atoms with Gasteiger partial charge in [-0.2, -0.15) is 5.26 Å². The van der Waals surface area contributed by atoms with Crippen molar-refractivity contribution in [2.24, 2.45) is 0 Å². The van der Waals surface area contributed by atoms with Crippen molar-refractivity contribution in [3.63, 3.8) is 0 Å². The molecule has 3 heteroatoms. The largest absolute Gasteiger partial charge is 0.289 e. The Morgan fingerprint density at radius 2 is 2.00 bits per heavy atom. The van der Waals surface area contributed by atoms with E-state index in [0.29, 0.717) is 17.8 Å². The summed E-state index contributed by atoms with van der Waals surface area (Å²) in [5, 5.41) is 8.87. The first-order chi connectivity index (χ1) is 11.3. The molecule has 2 atom stereocenters. The predicted molar refractivity (Wildman–Crippen MR) is 90.3 cm³/mol. The molecule has 0 N–H and O–H groups in total. The molecule has 23 heavy (non-hydrogen) atoms. The molecule has 114 valence electrons. The van der Waals surface area contributed by atoms with Gasteiger partial charge in [-0.1, -0.05) is 42.5 Å². The smallest absolute Gasteiger partial charge is 0.140 e. The molecule has 0 aliphatic carbocycles. The van der Waals surface area contributed by atoms with Crippen molar-refractivity contribution in [1.29, 1.82) is 5.26 Å². The van der Waals surface area contributed by atoms with Gasteiger partial charge in [0.25, 0.3) is 0 Å². The first-order valence-electron chi connectivity index (χ1n) is 8.20. The minimum atomic E-state index is 0.485. The average Bonchev–Trinajstić information content (AvgIpc) is 2.84. The lowest BCUT2D eigenvalue weighted by Crippen LogP contribution is -2.37. The van der Waals surface area contributed by atoms with Crippen molar-refractivity contribution in [3.8, 4) is 6.07 Å². The van der Waals surface area contributed by atoms with Crippen LogP contribution in [0.4, 0.5) is 0 Å². The molecule has 2 bridgehead atoms. The quantitative estimate of drug-likeness (QED) is 0.866. The summed E-state index contributed by atoms with van der Waals surface area (Å²) in [6, 6.07) is 17.8. The molecule has 0 amide bonds. The summed E-state index contributed by atoms with van der Waals surface area (Å²) >= 11 is 0. The zero-order chi connectivity index (χ0) is 15.6. The molecule has 1 aromatic heterocycles. The van der Waals surface area contributed by atoms with Crippen LogP contribution in [0.25, 0.3) is 5.57 Å². The number of hydrogen-bond acceptors (Lipinski definition) is 3. The fourth-order valence-corrected chi connectivity index (χ4v) is 3.82. The van der Waals surface area contributed by atoms with Crippen LogP contribution >= 0.6 is 0 Å². The second-order valence-corrected chi connectivity index (χ2v) is 6.40. The Morgan fingerprint density at radius 1 is 1.13 bits per heavy atom. The number of nitriles is 1. The van der Waals surface area contributed by atoms with Crippen LogP contribution in [0.1, 0.15) is 36.1 Å². The molecule has 1 fully saturated rings. The molecule has 2 unspecified atom stereocenters. The lowest BCUT2D eigenvalue weighted by Gasteiger charge is -2.34. The van der Waals surface area contributed by atoms with Crippen molar-refractivity contribution < 1.29 is 0 Å². The van der Waals surface area contributed by atoms with Crippen molar-refractivity contribution in [3.05, 3.63) is 71.6 Å². The van der Waals surface area contributed by atoms with E-state index in [2.05, 4.69) is 52.4 Å². The van der Waals surface area contributed by atoms with Crippen LogP contribution in [0.15, 0.2) is 54.7 Å². The molecule has 3 nitrogen and oxygen atoms in total. The number of benzene rings is 1. The molecule has 0 radical (unpaired) electrons. The third-order valence-corrected chi connectivity index (χ3v) is 5.00. The van der Waals surface area contributed by atoms with E-state index in [-0.39, 0.29) is 0 Å². The molecule has 1 aromatic carbocycles. The van der Waals surface area contributed by atoms with Gasteiger partial charge in [0.15, 0.2) is 0 Å². The number of pyridine rings is 1. The summed E-state index contributed by atoms with van der Waals surface area (Å²) in [6.07, 6.45) is 7.84. The van der Waals surface area contributed by atoms with Gasteiger partial charge in [0.1, 0.15) is 11.8 Å². The van der Waals surface area contributed by atoms with Gasteiger partial charge in [-0.15, -0.1) is 0 Å². The second kappa shape index (κ2) is 5.98. The van der Waals surface area contributed by atoms with E-state index in [1.54, 1.807) is 0 Å². The summed E-state index contributed by atoms with van der Waals surface area (Å²) in [7, 11) is 0. The third-order valence-electron chi connectivity index (χ3n) is 5.00. The van der Waals surface area contributed by atoms with Crippen molar-refractivity contribution in [2.45, 2.75) is 37.9 Å². The zero-order valence-corrected chi connectivity index (χ0v) is 13.0. The van der Waals surface area contributed by atoms with Crippen LogP contribution < -0.4 is 0 Å². The monoisotopic (exact) mass is 301 g/mol. The number of nitrogens with zero attached hydrogens (tertiary/aromatic N) is 3. The van der Waals surface area contributed by atoms with Gasteiger partial charge in [-0.25, -0.2) is 4.98 Å². The second-order valence-electron chi connectivity index (χ2n) is 6.40. The Hall–Kier alpha value is -2.44. The van der Waals surface area contributed by atoms with Crippen LogP contribution in [0.5, 0.6) is 0 Å². The minimum absolute atomic E-state index is 0.485. The first kappa shape index (κ1) is 14.2. The third kappa shape index (κ3) is 2.78. The molecule has 4 rings (SSSR count). The predicted octanol–water partition coefficient (Wildman–Crippen LogP) is 3.77. The van der Waals surface area contributed by atoms with Crippen LogP contribution in [0.3, 0.4) is 0 Å². The highest BCUT2D eigenvalue weighted by molar-refractivity contribution is 5.67. The Bertz CT molecular complexity index is 756. The van der Waals surface area contributed by atoms with Gasteiger partial charge in [-0.3, -0.25) is 4.90 Å². The standard InChI is InChI=1S/C20H19N3/c21-12-18-7-6-16(13-22-18)17-10-19-8-9-20(11-17)23(19)14-15-4-2-1-3-5-15/h1-7,10,13,19-20H,8-9,11,14H2. The maximum Gasteiger partial charge on any atom is 0.140 e. The Labute approximate surface area is 136 Å². The van der Waals surface area contributed by atoms with Gasteiger partial charge < -0.3 is 0 Å². The van der Waals surface area contributed by atoms with Crippen molar-refractivity contribution >= 4 is 5.57 Å². The summed E-state index contributed by atoms with van der Waals surface area (Å²) < 4.78 is 0. The van der Waals surface area contributed by atoms with Gasteiger partial charge in [0.05, 0.1) is 0 Å². The molecule has 2 aromatic rings. The summed E-state index contributed by atoms with van der Waals surface area (Å²) in [5.74, 6) is 0. The van der Waals surface area contributed by atoms with E-state index in [1.165, 1.54) is 29.5 Å². The van der Waals surface area contributed by atoms with Crippen LogP contribution in [0.2, 0.25) is 0 Å². The first-order valence-corrected chi connectivity index (χ1v) is 8.20. The summed E-state index contributed by atoms with van der Waals surface area (Å²) in [6.45, 7) is 1.03. The van der Waals surface area contributed by atoms with Crippen molar-refractivity contribution in [2.75, 3.05) is 0 Å². The van der Waals surface area contributed by atoms with E-state index in [0.717, 1.165) is 13.0 Å². The maximum absolute atomic E-state index is 8.87.